The number of nitrogens with two attached hydrogens (primary N) is 1. The smallest absolute Gasteiger partial charge is 0.240 e. The average Bonchev–Trinajstić information content (AvgIpc) is 3.09. The van der Waals surface area contributed by atoms with Crippen molar-refractivity contribution in [2.45, 2.75) is 44.7 Å². The van der Waals surface area contributed by atoms with Crippen molar-refractivity contribution in [2.75, 3.05) is 0 Å². The highest BCUT2D eigenvalue weighted by molar-refractivity contribution is 5.89. The first-order valence-electron chi connectivity index (χ1n) is 6.24. The third kappa shape index (κ3) is 2.67. The summed E-state index contributed by atoms with van der Waals surface area (Å²) in [5.41, 5.74) is 7.70. The second-order valence-corrected chi connectivity index (χ2v) is 4.95. The second-order valence-electron chi connectivity index (χ2n) is 4.95. The van der Waals surface area contributed by atoms with Gasteiger partial charge in [0.05, 0.1) is 11.6 Å². The first kappa shape index (κ1) is 12.1. The molecular weight excluding hydrogens is 212 g/mol. The minimum absolute atomic E-state index is 0.0226. The minimum atomic E-state index is -0.586. The predicted octanol–water partition coefficient (Wildman–Crippen LogP) is 1.92. The Bertz CT molecular complexity index is 407. The van der Waals surface area contributed by atoms with Gasteiger partial charge in [0.25, 0.3) is 0 Å². The highest BCUT2D eigenvalue weighted by Gasteiger charge is 2.46. The van der Waals surface area contributed by atoms with Gasteiger partial charge >= 0.3 is 0 Å². The molecule has 1 amide bonds. The molecule has 0 bridgehead atoms. The highest BCUT2D eigenvalue weighted by atomic mass is 16.2. The molecule has 1 fully saturated rings. The number of aryl methyl sites for hydroxylation is 1. The highest BCUT2D eigenvalue weighted by Crippen LogP contribution is 2.32. The molecule has 92 valence electrons. The van der Waals surface area contributed by atoms with Crippen molar-refractivity contribution in [3.8, 4) is 0 Å². The normalized spacial score (nSPS) is 18.5. The minimum Gasteiger partial charge on any atom is -0.348 e. The summed E-state index contributed by atoms with van der Waals surface area (Å²) >= 11 is 0. The molecule has 0 saturated heterocycles. The maximum atomic E-state index is 11.8. The van der Waals surface area contributed by atoms with Crippen molar-refractivity contribution < 1.29 is 4.79 Å². The van der Waals surface area contributed by atoms with Gasteiger partial charge in [0.2, 0.25) is 5.91 Å². The summed E-state index contributed by atoms with van der Waals surface area (Å²) in [6, 6.07) is 8.37. The van der Waals surface area contributed by atoms with E-state index < -0.39 is 5.54 Å². The third-order valence-corrected chi connectivity index (χ3v) is 3.48. The molecule has 3 N–H and O–H groups in total. The SMILES string of the molecule is CCc1ccc(C(C)NC(=O)C2(N)CC2)cc1. The molecule has 0 radical (unpaired) electrons. The molecule has 1 saturated carbocycles. The number of nitrogens with one attached hydrogen (secondary N) is 1. The van der Waals surface area contributed by atoms with Crippen LogP contribution in [0.2, 0.25) is 0 Å². The summed E-state index contributed by atoms with van der Waals surface area (Å²) in [6.07, 6.45) is 2.65. The van der Waals surface area contributed by atoms with Crippen LogP contribution in [0.1, 0.15) is 43.9 Å². The van der Waals surface area contributed by atoms with Crippen LogP contribution >= 0.6 is 0 Å². The van der Waals surface area contributed by atoms with Crippen molar-refractivity contribution in [1.82, 2.24) is 5.32 Å². The van der Waals surface area contributed by atoms with E-state index in [0.717, 1.165) is 24.8 Å². The lowest BCUT2D eigenvalue weighted by molar-refractivity contribution is -0.123. The van der Waals surface area contributed by atoms with Gasteiger partial charge in [0, 0.05) is 0 Å². The van der Waals surface area contributed by atoms with Gasteiger partial charge in [-0.05, 0) is 37.3 Å². The molecule has 1 aliphatic carbocycles. The van der Waals surface area contributed by atoms with Crippen molar-refractivity contribution in [3.63, 3.8) is 0 Å². The van der Waals surface area contributed by atoms with E-state index in [2.05, 4.69) is 36.5 Å². The van der Waals surface area contributed by atoms with Crippen LogP contribution in [-0.4, -0.2) is 11.4 Å². The molecule has 1 unspecified atom stereocenters. The van der Waals surface area contributed by atoms with Gasteiger partial charge in [-0.3, -0.25) is 4.79 Å². The molecule has 3 heteroatoms. The van der Waals surface area contributed by atoms with Crippen LogP contribution in [0.25, 0.3) is 0 Å². The van der Waals surface area contributed by atoms with Gasteiger partial charge in [0.15, 0.2) is 0 Å². The summed E-state index contributed by atoms with van der Waals surface area (Å²) in [7, 11) is 0. The van der Waals surface area contributed by atoms with Crippen LogP contribution in [0.15, 0.2) is 24.3 Å². The van der Waals surface area contributed by atoms with E-state index in [1.807, 2.05) is 6.92 Å². The zero-order valence-electron chi connectivity index (χ0n) is 10.5. The van der Waals surface area contributed by atoms with E-state index in [0.29, 0.717) is 0 Å². The van der Waals surface area contributed by atoms with Crippen LogP contribution in [0, 0.1) is 0 Å². The molecule has 2 rings (SSSR count). The molecule has 0 spiro atoms. The molecule has 3 nitrogen and oxygen atoms in total. The Morgan fingerprint density at radius 2 is 2.00 bits per heavy atom. The van der Waals surface area contributed by atoms with Crippen LogP contribution < -0.4 is 11.1 Å². The lowest BCUT2D eigenvalue weighted by Gasteiger charge is -2.17. The van der Waals surface area contributed by atoms with Crippen molar-refractivity contribution >= 4 is 5.91 Å². The summed E-state index contributed by atoms with van der Waals surface area (Å²) in [5, 5.41) is 2.97. The second kappa shape index (κ2) is 4.49. The van der Waals surface area contributed by atoms with E-state index in [-0.39, 0.29) is 11.9 Å². The summed E-state index contributed by atoms with van der Waals surface area (Å²) in [6.45, 7) is 4.12. The molecular formula is C14H20N2O. The van der Waals surface area contributed by atoms with Gasteiger partial charge in [-0.1, -0.05) is 31.2 Å². The topological polar surface area (TPSA) is 55.1 Å². The van der Waals surface area contributed by atoms with E-state index in [9.17, 15) is 4.79 Å². The Morgan fingerprint density at radius 3 is 2.47 bits per heavy atom. The van der Waals surface area contributed by atoms with E-state index in [1.54, 1.807) is 0 Å². The molecule has 1 aromatic rings. The average molecular weight is 232 g/mol. The Labute approximate surface area is 102 Å². The van der Waals surface area contributed by atoms with Crippen molar-refractivity contribution in [1.29, 1.82) is 0 Å². The Kier molecular flexibility index (Phi) is 3.20. The number of carbonyl (C=O) groups excluding carboxylic acids is 1. The monoisotopic (exact) mass is 232 g/mol. The third-order valence-electron chi connectivity index (χ3n) is 3.48. The lowest BCUT2D eigenvalue weighted by Crippen LogP contribution is -2.43. The number of rotatable bonds is 4. The standard InChI is InChI=1S/C14H20N2O/c1-3-11-4-6-12(7-5-11)10(2)16-13(17)14(15)8-9-14/h4-7,10H,3,8-9,15H2,1-2H3,(H,16,17). The van der Waals surface area contributed by atoms with E-state index in [4.69, 9.17) is 5.73 Å². The largest absolute Gasteiger partial charge is 0.348 e. The maximum Gasteiger partial charge on any atom is 0.240 e. The van der Waals surface area contributed by atoms with Gasteiger partial charge < -0.3 is 11.1 Å². The van der Waals surface area contributed by atoms with Gasteiger partial charge in [-0.25, -0.2) is 0 Å². The van der Waals surface area contributed by atoms with Crippen molar-refractivity contribution in [3.05, 3.63) is 35.4 Å². The molecule has 1 aliphatic rings. The number of benzene rings is 1. The van der Waals surface area contributed by atoms with Crippen LogP contribution in [0.4, 0.5) is 0 Å². The predicted molar refractivity (Wildman–Crippen MR) is 68.5 cm³/mol. The first-order valence-corrected chi connectivity index (χ1v) is 6.24. The van der Waals surface area contributed by atoms with Crippen molar-refractivity contribution in [2.24, 2.45) is 5.73 Å². The molecule has 0 aliphatic heterocycles. The quantitative estimate of drug-likeness (QED) is 0.833. The fourth-order valence-corrected chi connectivity index (χ4v) is 1.83. The number of hydrogen-bond donors (Lipinski definition) is 2. The fraction of sp³-hybridized carbons (Fsp3) is 0.500. The van der Waals surface area contributed by atoms with Gasteiger partial charge in [-0.15, -0.1) is 0 Å². The zero-order valence-corrected chi connectivity index (χ0v) is 10.5. The number of hydrogen-bond acceptors (Lipinski definition) is 2. The zero-order chi connectivity index (χ0) is 12.5. The Morgan fingerprint density at radius 1 is 1.41 bits per heavy atom. The van der Waals surface area contributed by atoms with E-state index in [1.165, 1.54) is 5.56 Å². The Balaban J connectivity index is 1.99. The molecule has 1 aromatic carbocycles. The van der Waals surface area contributed by atoms with Crippen LogP contribution in [0.5, 0.6) is 0 Å². The van der Waals surface area contributed by atoms with Crippen LogP contribution in [0.3, 0.4) is 0 Å². The number of carbonyl (C=O) groups is 1. The maximum absolute atomic E-state index is 11.8. The van der Waals surface area contributed by atoms with Crippen LogP contribution in [-0.2, 0) is 11.2 Å². The van der Waals surface area contributed by atoms with E-state index >= 15 is 0 Å². The Hall–Kier alpha value is -1.35. The first-order chi connectivity index (χ1) is 8.05. The number of amides is 1. The summed E-state index contributed by atoms with van der Waals surface area (Å²) in [5.74, 6) is -0.0235. The fourth-order valence-electron chi connectivity index (χ4n) is 1.83. The van der Waals surface area contributed by atoms with Gasteiger partial charge in [0.1, 0.15) is 0 Å². The molecule has 17 heavy (non-hydrogen) atoms. The molecule has 0 heterocycles. The van der Waals surface area contributed by atoms with Gasteiger partial charge in [-0.2, -0.15) is 0 Å². The molecule has 0 aromatic heterocycles. The summed E-state index contributed by atoms with van der Waals surface area (Å²) in [4.78, 5) is 11.8. The molecule has 1 atom stereocenters. The lowest BCUT2D eigenvalue weighted by atomic mass is 10.0. The summed E-state index contributed by atoms with van der Waals surface area (Å²) < 4.78 is 0.